The van der Waals surface area contributed by atoms with Gasteiger partial charge in [-0.2, -0.15) is 5.11 Å². The number of hydrogen-bond acceptors (Lipinski definition) is 4. The monoisotopic (exact) mass is 392 g/mol. The lowest BCUT2D eigenvalue weighted by molar-refractivity contribution is -0.116. The molecule has 2 aromatic rings. The van der Waals surface area contributed by atoms with Gasteiger partial charge in [-0.05, 0) is 30.3 Å². The van der Waals surface area contributed by atoms with Crippen LogP contribution < -0.4 is 10.6 Å². The van der Waals surface area contributed by atoms with Gasteiger partial charge in [0.2, 0.25) is 11.8 Å². The number of carbonyl (C=O) groups is 2. The van der Waals surface area contributed by atoms with E-state index in [1.165, 1.54) is 0 Å². The maximum atomic E-state index is 11.9. The van der Waals surface area contributed by atoms with Crippen molar-refractivity contribution < 1.29 is 9.59 Å². The molecule has 0 radical (unpaired) electrons. The number of benzene rings is 2. The highest BCUT2D eigenvalue weighted by Crippen LogP contribution is 2.30. The molecule has 0 aliphatic heterocycles. The largest absolute Gasteiger partial charge is 0.326 e. The van der Waals surface area contributed by atoms with E-state index in [2.05, 4.69) is 20.9 Å². The van der Waals surface area contributed by atoms with Gasteiger partial charge in [0, 0.05) is 30.3 Å². The second kappa shape index (κ2) is 10.5. The predicted octanol–water partition coefficient (Wildman–Crippen LogP) is 5.24. The number of rotatable bonds is 8. The highest BCUT2D eigenvalue weighted by molar-refractivity contribution is 6.19. The molecule has 0 heterocycles. The number of nitrogens with one attached hydrogen (secondary N) is 2. The maximum Gasteiger partial charge on any atom is 0.225 e. The molecular weight excluding hydrogens is 375 g/mol. The van der Waals surface area contributed by atoms with E-state index in [0.29, 0.717) is 22.7 Å². The number of alkyl halides is 2. The first kappa shape index (κ1) is 19.9. The summed E-state index contributed by atoms with van der Waals surface area (Å²) in [6, 6.07) is 14.2. The third-order valence-electron chi connectivity index (χ3n) is 3.23. The smallest absolute Gasteiger partial charge is 0.225 e. The van der Waals surface area contributed by atoms with E-state index in [9.17, 15) is 9.59 Å². The summed E-state index contributed by atoms with van der Waals surface area (Å²) in [4.78, 5) is 23.6. The Labute approximate surface area is 161 Å². The second-order valence-corrected chi connectivity index (χ2v) is 6.00. The number of nitrogens with zero attached hydrogens (tertiary/aromatic N) is 2. The van der Waals surface area contributed by atoms with E-state index >= 15 is 0 Å². The topological polar surface area (TPSA) is 82.9 Å². The zero-order chi connectivity index (χ0) is 18.8. The van der Waals surface area contributed by atoms with E-state index in [1.807, 2.05) is 30.3 Å². The van der Waals surface area contributed by atoms with Crippen molar-refractivity contribution in [1.29, 1.82) is 0 Å². The van der Waals surface area contributed by atoms with Gasteiger partial charge in [0.1, 0.15) is 5.69 Å². The molecule has 6 nitrogen and oxygen atoms in total. The Hall–Kier alpha value is -2.44. The quantitative estimate of drug-likeness (QED) is 0.475. The van der Waals surface area contributed by atoms with E-state index in [4.69, 9.17) is 23.2 Å². The van der Waals surface area contributed by atoms with Crippen LogP contribution in [0.2, 0.25) is 0 Å². The average Bonchev–Trinajstić information content (AvgIpc) is 2.62. The van der Waals surface area contributed by atoms with Crippen LogP contribution in [0.4, 0.5) is 22.7 Å². The average molecular weight is 393 g/mol. The van der Waals surface area contributed by atoms with Gasteiger partial charge in [-0.1, -0.05) is 18.2 Å². The van der Waals surface area contributed by atoms with Gasteiger partial charge in [0.15, 0.2) is 0 Å². The van der Waals surface area contributed by atoms with Crippen LogP contribution in [-0.2, 0) is 9.59 Å². The summed E-state index contributed by atoms with van der Waals surface area (Å²) in [6.45, 7) is 0. The minimum atomic E-state index is -0.250. The van der Waals surface area contributed by atoms with Crippen LogP contribution in [0.3, 0.4) is 0 Å². The number of carbonyl (C=O) groups excluding carboxylic acids is 2. The molecule has 2 aromatic carbocycles. The fourth-order valence-electron chi connectivity index (χ4n) is 2.02. The Bertz CT molecular complexity index is 782. The molecule has 0 bridgehead atoms. The molecule has 0 saturated heterocycles. The van der Waals surface area contributed by atoms with Gasteiger partial charge in [-0.25, -0.2) is 0 Å². The molecular formula is C18H18Cl2N4O2. The van der Waals surface area contributed by atoms with Crippen molar-refractivity contribution in [3.8, 4) is 0 Å². The summed E-state index contributed by atoms with van der Waals surface area (Å²) < 4.78 is 0. The van der Waals surface area contributed by atoms with Crippen molar-refractivity contribution in [3.63, 3.8) is 0 Å². The standard InChI is InChI=1S/C18H18Cl2N4O2/c19-10-8-17(25)21-14-6-7-15(16(12-14)22-18(26)9-11-20)24-23-13-4-2-1-3-5-13/h1-7,12H,8-11H2,(H,21,25)(H,22,26). The molecule has 8 heteroatoms. The van der Waals surface area contributed by atoms with E-state index < -0.39 is 0 Å². The van der Waals surface area contributed by atoms with Gasteiger partial charge >= 0.3 is 0 Å². The molecule has 26 heavy (non-hydrogen) atoms. The lowest BCUT2D eigenvalue weighted by Crippen LogP contribution is -2.14. The van der Waals surface area contributed by atoms with Crippen LogP contribution in [0.1, 0.15) is 12.8 Å². The number of halogens is 2. The summed E-state index contributed by atoms with van der Waals surface area (Å²) in [5, 5.41) is 13.8. The minimum absolute atomic E-state index is 0.166. The van der Waals surface area contributed by atoms with Crippen LogP contribution >= 0.6 is 23.2 Å². The molecule has 0 spiro atoms. The summed E-state index contributed by atoms with van der Waals surface area (Å²) in [7, 11) is 0. The fourth-order valence-corrected chi connectivity index (χ4v) is 2.36. The molecule has 0 aliphatic rings. The zero-order valence-corrected chi connectivity index (χ0v) is 15.4. The summed E-state index contributed by atoms with van der Waals surface area (Å²) in [5.41, 5.74) is 2.11. The molecule has 0 saturated carbocycles. The van der Waals surface area contributed by atoms with Gasteiger partial charge in [-0.15, -0.1) is 28.3 Å². The van der Waals surface area contributed by atoms with E-state index in [0.717, 1.165) is 0 Å². The second-order valence-electron chi connectivity index (χ2n) is 5.24. The van der Waals surface area contributed by atoms with Crippen molar-refractivity contribution in [2.75, 3.05) is 22.4 Å². The first-order chi connectivity index (χ1) is 12.6. The van der Waals surface area contributed by atoms with Crippen LogP contribution in [0, 0.1) is 0 Å². The first-order valence-corrected chi connectivity index (χ1v) is 9.01. The summed E-state index contributed by atoms with van der Waals surface area (Å²) in [6.07, 6.45) is 0.366. The fraction of sp³-hybridized carbons (Fsp3) is 0.222. The molecule has 136 valence electrons. The van der Waals surface area contributed by atoms with Crippen LogP contribution in [0.5, 0.6) is 0 Å². The van der Waals surface area contributed by atoms with E-state index in [-0.39, 0.29) is 36.4 Å². The Morgan fingerprint density at radius 1 is 0.846 bits per heavy atom. The van der Waals surface area contributed by atoms with Gasteiger partial charge in [-0.3, -0.25) is 9.59 Å². The van der Waals surface area contributed by atoms with Crippen molar-refractivity contribution in [3.05, 3.63) is 48.5 Å². The molecule has 2 amide bonds. The van der Waals surface area contributed by atoms with Crippen LogP contribution in [0.25, 0.3) is 0 Å². The summed E-state index contributed by atoms with van der Waals surface area (Å²) >= 11 is 11.2. The Morgan fingerprint density at radius 3 is 2.15 bits per heavy atom. The molecule has 0 aliphatic carbocycles. The lowest BCUT2D eigenvalue weighted by atomic mass is 10.2. The van der Waals surface area contributed by atoms with Crippen molar-refractivity contribution in [2.24, 2.45) is 10.2 Å². The molecule has 0 fully saturated rings. The van der Waals surface area contributed by atoms with Crippen molar-refractivity contribution in [1.82, 2.24) is 0 Å². The Kier molecular flexibility index (Phi) is 8.05. The maximum absolute atomic E-state index is 11.9. The molecule has 0 aromatic heterocycles. The minimum Gasteiger partial charge on any atom is -0.326 e. The molecule has 2 rings (SSSR count). The SMILES string of the molecule is O=C(CCCl)Nc1ccc(N=Nc2ccccc2)c(NC(=O)CCCl)c1. The zero-order valence-electron chi connectivity index (χ0n) is 13.9. The Morgan fingerprint density at radius 2 is 1.50 bits per heavy atom. The van der Waals surface area contributed by atoms with Crippen molar-refractivity contribution in [2.45, 2.75) is 12.8 Å². The number of anilines is 2. The predicted molar refractivity (Wildman–Crippen MR) is 105 cm³/mol. The Balaban J connectivity index is 2.25. The normalized spacial score (nSPS) is 10.7. The van der Waals surface area contributed by atoms with Crippen LogP contribution in [-0.4, -0.2) is 23.6 Å². The number of azo groups is 1. The lowest BCUT2D eigenvalue weighted by Gasteiger charge is -2.10. The highest BCUT2D eigenvalue weighted by Gasteiger charge is 2.09. The van der Waals surface area contributed by atoms with Crippen LogP contribution in [0.15, 0.2) is 58.8 Å². The molecule has 0 atom stereocenters. The van der Waals surface area contributed by atoms with Gasteiger partial charge < -0.3 is 10.6 Å². The summed E-state index contributed by atoms with van der Waals surface area (Å²) in [5.74, 6) is -0.0232. The molecule has 2 N–H and O–H groups in total. The third-order valence-corrected chi connectivity index (χ3v) is 3.60. The molecule has 0 unspecified atom stereocenters. The van der Waals surface area contributed by atoms with Gasteiger partial charge in [0.25, 0.3) is 0 Å². The number of hydrogen-bond donors (Lipinski definition) is 2. The van der Waals surface area contributed by atoms with Crippen molar-refractivity contribution >= 4 is 57.8 Å². The third kappa shape index (κ3) is 6.46. The highest BCUT2D eigenvalue weighted by atomic mass is 35.5. The first-order valence-electron chi connectivity index (χ1n) is 7.95. The van der Waals surface area contributed by atoms with Gasteiger partial charge in [0.05, 0.1) is 11.4 Å². The van der Waals surface area contributed by atoms with E-state index in [1.54, 1.807) is 18.2 Å². The number of amides is 2.